The summed E-state index contributed by atoms with van der Waals surface area (Å²) in [6.45, 7) is 16.5. The summed E-state index contributed by atoms with van der Waals surface area (Å²) < 4.78 is 29.9. The maximum absolute atomic E-state index is 13.1. The van der Waals surface area contributed by atoms with Crippen LogP contribution in [0, 0.1) is 5.41 Å². The summed E-state index contributed by atoms with van der Waals surface area (Å²) in [4.78, 5) is 36.9. The van der Waals surface area contributed by atoms with E-state index in [0.717, 1.165) is 25.7 Å². The van der Waals surface area contributed by atoms with Gasteiger partial charge < -0.3 is 28.5 Å². The van der Waals surface area contributed by atoms with E-state index in [4.69, 9.17) is 23.4 Å². The zero-order valence-corrected chi connectivity index (χ0v) is 28.6. The van der Waals surface area contributed by atoms with Gasteiger partial charge in [-0.15, -0.1) is 0 Å². The highest BCUT2D eigenvalue weighted by molar-refractivity contribution is 6.74. The molecule has 1 rings (SSSR count). The van der Waals surface area contributed by atoms with E-state index >= 15 is 0 Å². The van der Waals surface area contributed by atoms with Gasteiger partial charge in [-0.25, -0.2) is 4.79 Å². The highest BCUT2D eigenvalue weighted by Crippen LogP contribution is 2.48. The molecule has 4 atom stereocenters. The van der Waals surface area contributed by atoms with Gasteiger partial charge in [0.1, 0.15) is 6.29 Å². The van der Waals surface area contributed by atoms with Crippen molar-refractivity contribution >= 4 is 26.5 Å². The minimum absolute atomic E-state index is 0.0161. The van der Waals surface area contributed by atoms with Crippen LogP contribution in [-0.2, 0) is 37.8 Å². The number of carbonyl (C=O) groups excluding carboxylic acids is 3. The quantitative estimate of drug-likeness (QED) is 0.0689. The van der Waals surface area contributed by atoms with Crippen LogP contribution in [0.3, 0.4) is 0 Å². The Morgan fingerprint density at radius 1 is 1.12 bits per heavy atom. The van der Waals surface area contributed by atoms with E-state index in [1.165, 1.54) is 26.4 Å². The molecule has 1 aliphatic rings. The maximum atomic E-state index is 13.1. The average Bonchev–Trinajstić information content (AvgIpc) is 2.91. The molecule has 1 N–H and O–H groups in total. The number of aldehydes is 1. The second-order valence-corrected chi connectivity index (χ2v) is 18.1. The first-order chi connectivity index (χ1) is 19.5. The maximum Gasteiger partial charge on any atom is 0.330 e. The monoisotopic (exact) mass is 612 g/mol. The van der Waals surface area contributed by atoms with Crippen molar-refractivity contribution in [3.05, 3.63) is 23.8 Å². The molecule has 0 spiro atoms. The van der Waals surface area contributed by atoms with E-state index in [2.05, 4.69) is 40.8 Å². The molecule has 9 nitrogen and oxygen atoms in total. The molecule has 1 heterocycles. The van der Waals surface area contributed by atoms with E-state index < -0.39 is 49.8 Å². The SMILES string of the molecule is CCCCCCCC(=O)O[C@H]1/C(=C/C(=O)OC)C[C@@H](C[C@@H](O)CO[Si](C)(C)C(C)(C)C)O[C@@]1(OC)C(C)(C)/C=C/C=O. The molecule has 242 valence electrons. The lowest BCUT2D eigenvalue weighted by atomic mass is 9.74. The molecular formula is C32H56O9Si. The Kier molecular flexibility index (Phi) is 15.3. The molecule has 10 heteroatoms. The third-order valence-corrected chi connectivity index (χ3v) is 13.0. The highest BCUT2D eigenvalue weighted by Gasteiger charge is 2.59. The summed E-state index contributed by atoms with van der Waals surface area (Å²) in [7, 11) is 0.615. The van der Waals surface area contributed by atoms with Crippen LogP contribution in [0.15, 0.2) is 23.8 Å². The van der Waals surface area contributed by atoms with Crippen molar-refractivity contribution in [3.8, 4) is 0 Å². The fourth-order valence-electron chi connectivity index (χ4n) is 4.85. The fraction of sp³-hybridized carbons (Fsp3) is 0.781. The van der Waals surface area contributed by atoms with Gasteiger partial charge in [0.15, 0.2) is 14.4 Å². The van der Waals surface area contributed by atoms with Crippen molar-refractivity contribution in [1.29, 1.82) is 0 Å². The molecule has 0 amide bonds. The molecule has 0 bridgehead atoms. The average molecular weight is 613 g/mol. The van der Waals surface area contributed by atoms with Gasteiger partial charge in [-0.1, -0.05) is 73.3 Å². The molecule has 1 saturated heterocycles. The van der Waals surface area contributed by atoms with Gasteiger partial charge in [0.25, 0.3) is 0 Å². The van der Waals surface area contributed by atoms with Gasteiger partial charge in [0, 0.05) is 31.4 Å². The van der Waals surface area contributed by atoms with E-state index in [0.29, 0.717) is 18.3 Å². The summed E-state index contributed by atoms with van der Waals surface area (Å²) in [5.41, 5.74) is -0.560. The largest absolute Gasteiger partial charge is 0.466 e. The standard InChI is InChI=1S/C32H56O9Si/c1-11-12-13-14-15-17-27(35)40-29-24(21-28(36)37-7)20-26(22-25(34)23-39-42(9,10)30(2,3)4)41-32(29,38-8)31(5,6)18-16-19-33/h16,18-19,21,25-26,29,34H,11-15,17,20,22-23H2,1-10H3/b18-16+,24-21+/t25-,26+,29+,32-/m1/s1. The lowest BCUT2D eigenvalue weighted by Gasteiger charge is -2.53. The number of ether oxygens (including phenoxy) is 4. The topological polar surface area (TPSA) is 118 Å². The summed E-state index contributed by atoms with van der Waals surface area (Å²) >= 11 is 0. The molecule has 0 unspecified atom stereocenters. The van der Waals surface area contributed by atoms with Crippen molar-refractivity contribution in [1.82, 2.24) is 0 Å². The number of hydrogen-bond acceptors (Lipinski definition) is 9. The molecule has 0 aliphatic carbocycles. The summed E-state index contributed by atoms with van der Waals surface area (Å²) in [6, 6.07) is 0. The lowest BCUT2D eigenvalue weighted by molar-refractivity contribution is -0.338. The third-order valence-electron chi connectivity index (χ3n) is 8.50. The number of esters is 2. The predicted octanol–water partition coefficient (Wildman–Crippen LogP) is 6.04. The molecule has 0 aromatic heterocycles. The van der Waals surface area contributed by atoms with Gasteiger partial charge >= 0.3 is 11.9 Å². The van der Waals surface area contributed by atoms with Crippen LogP contribution in [-0.4, -0.2) is 76.6 Å². The van der Waals surface area contributed by atoms with E-state index in [1.807, 2.05) is 0 Å². The number of rotatable bonds is 17. The van der Waals surface area contributed by atoms with Gasteiger partial charge in [0.05, 0.1) is 25.9 Å². The first kappa shape index (κ1) is 38.2. The number of methoxy groups -OCH3 is 2. The first-order valence-corrected chi connectivity index (χ1v) is 18.1. The molecule has 0 saturated carbocycles. The van der Waals surface area contributed by atoms with Gasteiger partial charge in [-0.3, -0.25) is 9.59 Å². The Morgan fingerprint density at radius 2 is 1.76 bits per heavy atom. The Hall–Kier alpha value is -1.85. The van der Waals surface area contributed by atoms with Crippen molar-refractivity contribution in [2.24, 2.45) is 5.41 Å². The predicted molar refractivity (Wildman–Crippen MR) is 165 cm³/mol. The Labute approximate surface area is 254 Å². The number of allylic oxidation sites excluding steroid dienone is 1. The molecule has 42 heavy (non-hydrogen) atoms. The zero-order valence-electron chi connectivity index (χ0n) is 27.6. The number of unbranched alkanes of at least 4 members (excludes halogenated alkanes) is 4. The van der Waals surface area contributed by atoms with Crippen LogP contribution < -0.4 is 0 Å². The van der Waals surface area contributed by atoms with Crippen molar-refractivity contribution < 1.29 is 42.9 Å². The minimum Gasteiger partial charge on any atom is -0.466 e. The van der Waals surface area contributed by atoms with Gasteiger partial charge in [-0.2, -0.15) is 0 Å². The minimum atomic E-state index is -2.10. The lowest BCUT2D eigenvalue weighted by Crippen LogP contribution is -2.63. The second kappa shape index (κ2) is 16.8. The molecule has 1 fully saturated rings. The number of carbonyl (C=O) groups is 3. The van der Waals surface area contributed by atoms with E-state index in [9.17, 15) is 19.5 Å². The fourth-order valence-corrected chi connectivity index (χ4v) is 5.90. The highest BCUT2D eigenvalue weighted by atomic mass is 28.4. The Bertz CT molecular complexity index is 935. The smallest absolute Gasteiger partial charge is 0.330 e. The summed E-state index contributed by atoms with van der Waals surface area (Å²) in [5.74, 6) is -2.67. The van der Waals surface area contributed by atoms with Crippen LogP contribution >= 0.6 is 0 Å². The molecule has 1 aliphatic heterocycles. The number of aliphatic hydroxyl groups excluding tert-OH is 1. The van der Waals surface area contributed by atoms with Crippen LogP contribution in [0.25, 0.3) is 0 Å². The molecule has 0 radical (unpaired) electrons. The summed E-state index contributed by atoms with van der Waals surface area (Å²) in [6.07, 6.45) is 7.78. The number of aliphatic hydroxyl groups is 1. The van der Waals surface area contributed by atoms with E-state index in [-0.39, 0.29) is 30.9 Å². The zero-order chi connectivity index (χ0) is 32.2. The number of hydrogen-bond donors (Lipinski definition) is 1. The molecular weight excluding hydrogens is 556 g/mol. The molecule has 0 aromatic rings. The van der Waals surface area contributed by atoms with Gasteiger partial charge in [-0.05, 0) is 42.6 Å². The van der Waals surface area contributed by atoms with Crippen molar-refractivity contribution in [3.63, 3.8) is 0 Å². The second-order valence-electron chi connectivity index (χ2n) is 13.3. The van der Waals surface area contributed by atoms with Gasteiger partial charge in [0.2, 0.25) is 5.79 Å². The van der Waals surface area contributed by atoms with Crippen LogP contribution in [0.5, 0.6) is 0 Å². The van der Waals surface area contributed by atoms with Crippen molar-refractivity contribution in [2.45, 2.75) is 135 Å². The summed E-state index contributed by atoms with van der Waals surface area (Å²) in [5, 5.41) is 11.0. The Balaban J connectivity index is 3.42. The molecule has 0 aromatic carbocycles. The third kappa shape index (κ3) is 10.7. The van der Waals surface area contributed by atoms with Crippen LogP contribution in [0.1, 0.15) is 92.9 Å². The van der Waals surface area contributed by atoms with Crippen molar-refractivity contribution in [2.75, 3.05) is 20.8 Å². The Morgan fingerprint density at radius 3 is 2.31 bits per heavy atom. The first-order valence-electron chi connectivity index (χ1n) is 15.2. The normalized spacial score (nSPS) is 23.6. The van der Waals surface area contributed by atoms with Crippen LogP contribution in [0.2, 0.25) is 18.1 Å². The van der Waals surface area contributed by atoms with Crippen LogP contribution in [0.4, 0.5) is 0 Å². The van der Waals surface area contributed by atoms with E-state index in [1.54, 1.807) is 19.9 Å².